The van der Waals surface area contributed by atoms with Crippen molar-refractivity contribution in [1.82, 2.24) is 0 Å². The van der Waals surface area contributed by atoms with Crippen LogP contribution in [-0.4, -0.2) is 17.5 Å². The molecule has 1 aliphatic heterocycles. The highest BCUT2D eigenvalue weighted by molar-refractivity contribution is 6.02. The molecule has 1 unspecified atom stereocenters. The van der Waals surface area contributed by atoms with Crippen LogP contribution < -0.4 is 5.32 Å². The molecule has 1 atom stereocenters. The van der Waals surface area contributed by atoms with Crippen LogP contribution in [0.4, 0.5) is 5.69 Å². The van der Waals surface area contributed by atoms with E-state index in [1.165, 1.54) is 17.5 Å². The number of hydrogen-bond acceptors (Lipinski definition) is 3. The van der Waals surface area contributed by atoms with Gasteiger partial charge in [-0.05, 0) is 61.4 Å². The van der Waals surface area contributed by atoms with Gasteiger partial charge in [0.15, 0.2) is 5.60 Å². The number of ether oxygens (including phenoxy) is 1. The molecule has 128 valence electrons. The highest BCUT2D eigenvalue weighted by atomic mass is 16.6. The van der Waals surface area contributed by atoms with E-state index >= 15 is 0 Å². The molecule has 1 amide bonds. The normalized spacial score (nSPS) is 21.7. The number of esters is 1. The van der Waals surface area contributed by atoms with Gasteiger partial charge in [0, 0.05) is 12.1 Å². The van der Waals surface area contributed by atoms with Crippen molar-refractivity contribution in [2.24, 2.45) is 0 Å². The highest BCUT2D eigenvalue weighted by Crippen LogP contribution is 2.32. The zero-order chi connectivity index (χ0) is 17.4. The Morgan fingerprint density at radius 3 is 2.68 bits per heavy atom. The monoisotopic (exact) mass is 335 g/mol. The van der Waals surface area contributed by atoms with Gasteiger partial charge in [-0.1, -0.05) is 30.3 Å². The number of amides is 1. The summed E-state index contributed by atoms with van der Waals surface area (Å²) >= 11 is 0. The maximum atomic E-state index is 12.9. The summed E-state index contributed by atoms with van der Waals surface area (Å²) in [6.45, 7) is 1.69. The molecule has 0 saturated heterocycles. The Balaban J connectivity index is 1.61. The van der Waals surface area contributed by atoms with Gasteiger partial charge in [-0.25, -0.2) is 4.79 Å². The average molecular weight is 335 g/mol. The van der Waals surface area contributed by atoms with Gasteiger partial charge < -0.3 is 10.1 Å². The number of carbonyl (C=O) groups is 2. The third-order valence-corrected chi connectivity index (χ3v) is 5.21. The van der Waals surface area contributed by atoms with Gasteiger partial charge in [0.2, 0.25) is 0 Å². The molecule has 4 nitrogen and oxygen atoms in total. The number of carbonyl (C=O) groups excluding carboxylic acids is 2. The zero-order valence-corrected chi connectivity index (χ0v) is 14.3. The van der Waals surface area contributed by atoms with E-state index in [1.807, 2.05) is 24.3 Å². The molecule has 2 aromatic carbocycles. The standard InChI is InChI=1S/C21H21NO3/c1-21(13-15-8-3-5-11-17(15)19(23)25-21)20(24)22-18-12-6-9-14-7-2-4-10-16(14)18/h3,5-6,8-9,11-12H,2,4,7,10,13H2,1H3,(H,22,24). The van der Waals surface area contributed by atoms with Crippen LogP contribution in [0, 0.1) is 0 Å². The summed E-state index contributed by atoms with van der Waals surface area (Å²) in [6, 6.07) is 13.3. The maximum Gasteiger partial charge on any atom is 0.339 e. The quantitative estimate of drug-likeness (QED) is 0.852. The molecule has 1 N–H and O–H groups in total. The minimum absolute atomic E-state index is 0.269. The van der Waals surface area contributed by atoms with Crippen molar-refractivity contribution in [3.8, 4) is 0 Å². The van der Waals surface area contributed by atoms with Crippen LogP contribution in [0.1, 0.15) is 46.8 Å². The van der Waals surface area contributed by atoms with E-state index in [4.69, 9.17) is 4.74 Å². The second-order valence-electron chi connectivity index (χ2n) is 7.06. The van der Waals surface area contributed by atoms with Crippen molar-refractivity contribution in [2.45, 2.75) is 44.6 Å². The van der Waals surface area contributed by atoms with Crippen molar-refractivity contribution in [2.75, 3.05) is 5.32 Å². The molecule has 0 saturated carbocycles. The van der Waals surface area contributed by atoms with Crippen LogP contribution in [0.5, 0.6) is 0 Å². The number of hydrogen-bond donors (Lipinski definition) is 1. The van der Waals surface area contributed by atoms with Gasteiger partial charge in [0.25, 0.3) is 5.91 Å². The summed E-state index contributed by atoms with van der Waals surface area (Å²) in [4.78, 5) is 25.2. The van der Waals surface area contributed by atoms with E-state index in [0.717, 1.165) is 30.5 Å². The Hall–Kier alpha value is -2.62. The molecule has 0 radical (unpaired) electrons. The molecule has 0 fully saturated rings. The highest BCUT2D eigenvalue weighted by Gasteiger charge is 2.42. The van der Waals surface area contributed by atoms with Crippen molar-refractivity contribution < 1.29 is 14.3 Å². The molecular weight excluding hydrogens is 314 g/mol. The number of cyclic esters (lactones) is 1. The zero-order valence-electron chi connectivity index (χ0n) is 14.3. The SMILES string of the molecule is CC1(C(=O)Nc2cccc3c2CCCC3)Cc2ccccc2C(=O)O1. The second kappa shape index (κ2) is 6.03. The number of fused-ring (bicyclic) bond motifs is 2. The van der Waals surface area contributed by atoms with E-state index in [9.17, 15) is 9.59 Å². The fraction of sp³-hybridized carbons (Fsp3) is 0.333. The van der Waals surface area contributed by atoms with Crippen molar-refractivity contribution in [3.05, 3.63) is 64.7 Å². The predicted octanol–water partition coefficient (Wildman–Crippen LogP) is 3.68. The Morgan fingerprint density at radius 2 is 1.80 bits per heavy atom. The summed E-state index contributed by atoms with van der Waals surface area (Å²) in [7, 11) is 0. The fourth-order valence-corrected chi connectivity index (χ4v) is 3.81. The Morgan fingerprint density at radius 1 is 1.04 bits per heavy atom. The Kier molecular flexibility index (Phi) is 3.83. The molecule has 1 aliphatic carbocycles. The minimum Gasteiger partial charge on any atom is -0.445 e. The summed E-state index contributed by atoms with van der Waals surface area (Å²) in [5.74, 6) is -0.705. The number of anilines is 1. The van der Waals surface area contributed by atoms with Gasteiger partial charge in [-0.3, -0.25) is 4.79 Å². The van der Waals surface area contributed by atoms with Crippen LogP contribution in [0.3, 0.4) is 0 Å². The van der Waals surface area contributed by atoms with E-state index in [0.29, 0.717) is 12.0 Å². The molecule has 0 spiro atoms. The number of aryl methyl sites for hydroxylation is 1. The van der Waals surface area contributed by atoms with Crippen LogP contribution in [0.25, 0.3) is 0 Å². The molecule has 2 aromatic rings. The van der Waals surface area contributed by atoms with Gasteiger partial charge in [0.05, 0.1) is 5.56 Å². The Bertz CT molecular complexity index is 858. The van der Waals surface area contributed by atoms with E-state index < -0.39 is 11.6 Å². The lowest BCUT2D eigenvalue weighted by Gasteiger charge is -2.33. The topological polar surface area (TPSA) is 55.4 Å². The van der Waals surface area contributed by atoms with Crippen molar-refractivity contribution in [1.29, 1.82) is 0 Å². The summed E-state index contributed by atoms with van der Waals surface area (Å²) < 4.78 is 5.53. The third-order valence-electron chi connectivity index (χ3n) is 5.21. The van der Waals surface area contributed by atoms with Crippen molar-refractivity contribution in [3.63, 3.8) is 0 Å². The molecular formula is C21H21NO3. The maximum absolute atomic E-state index is 12.9. The number of nitrogens with one attached hydrogen (secondary N) is 1. The largest absolute Gasteiger partial charge is 0.445 e. The Labute approximate surface area is 147 Å². The average Bonchev–Trinajstić information content (AvgIpc) is 2.62. The van der Waals surface area contributed by atoms with Crippen LogP contribution in [0.15, 0.2) is 42.5 Å². The first kappa shape index (κ1) is 15.9. The van der Waals surface area contributed by atoms with Gasteiger partial charge in [-0.15, -0.1) is 0 Å². The molecule has 4 heteroatoms. The lowest BCUT2D eigenvalue weighted by atomic mass is 9.88. The van der Waals surface area contributed by atoms with Gasteiger partial charge in [-0.2, -0.15) is 0 Å². The van der Waals surface area contributed by atoms with Crippen molar-refractivity contribution >= 4 is 17.6 Å². The lowest BCUT2D eigenvalue weighted by molar-refractivity contribution is -0.134. The smallest absolute Gasteiger partial charge is 0.339 e. The van der Waals surface area contributed by atoms with Gasteiger partial charge in [0.1, 0.15) is 0 Å². The number of benzene rings is 2. The first-order valence-corrected chi connectivity index (χ1v) is 8.80. The summed E-state index contributed by atoms with van der Waals surface area (Å²) in [6.07, 6.45) is 4.75. The molecule has 0 aromatic heterocycles. The first-order chi connectivity index (χ1) is 12.1. The van der Waals surface area contributed by atoms with Gasteiger partial charge >= 0.3 is 5.97 Å². The van der Waals surface area contributed by atoms with E-state index in [1.54, 1.807) is 19.1 Å². The molecule has 2 aliphatic rings. The second-order valence-corrected chi connectivity index (χ2v) is 7.06. The van der Waals surface area contributed by atoms with E-state index in [-0.39, 0.29) is 5.91 Å². The third kappa shape index (κ3) is 2.82. The molecule has 4 rings (SSSR count). The fourth-order valence-electron chi connectivity index (χ4n) is 3.81. The summed E-state index contributed by atoms with van der Waals surface area (Å²) in [5.41, 5.74) is 3.58. The predicted molar refractivity (Wildman–Crippen MR) is 95.7 cm³/mol. The van der Waals surface area contributed by atoms with Crippen LogP contribution >= 0.6 is 0 Å². The summed E-state index contributed by atoms with van der Waals surface area (Å²) in [5, 5.41) is 3.02. The molecule has 0 bridgehead atoms. The molecule has 1 heterocycles. The lowest BCUT2D eigenvalue weighted by Crippen LogP contribution is -2.49. The van der Waals surface area contributed by atoms with Crippen LogP contribution in [0.2, 0.25) is 0 Å². The number of rotatable bonds is 2. The minimum atomic E-state index is -1.19. The van der Waals surface area contributed by atoms with Crippen LogP contribution in [-0.2, 0) is 28.8 Å². The first-order valence-electron chi connectivity index (χ1n) is 8.80. The molecule has 25 heavy (non-hydrogen) atoms. The van der Waals surface area contributed by atoms with E-state index in [2.05, 4.69) is 11.4 Å².